The van der Waals surface area contributed by atoms with Crippen LogP contribution >= 0.6 is 11.8 Å². The Bertz CT molecular complexity index is 555. The smallest absolute Gasteiger partial charge is 0.238 e. The largest absolute Gasteiger partial charge is 0.353 e. The molecule has 1 aromatic rings. The van der Waals surface area contributed by atoms with E-state index in [0.29, 0.717) is 6.04 Å². The van der Waals surface area contributed by atoms with Gasteiger partial charge in [0.2, 0.25) is 11.8 Å². The number of anilines is 1. The molecule has 1 aliphatic carbocycles. The predicted molar refractivity (Wildman–Crippen MR) is 84.3 cm³/mol. The number of rotatable bonds is 3. The van der Waals surface area contributed by atoms with Gasteiger partial charge in [-0.25, -0.2) is 0 Å². The number of hydrogen-bond donors (Lipinski definition) is 2. The summed E-state index contributed by atoms with van der Waals surface area (Å²) >= 11 is 1.49. The first-order valence-corrected chi connectivity index (χ1v) is 8.40. The fourth-order valence-corrected chi connectivity index (χ4v) is 4.11. The normalized spacial score (nSPS) is 23.3. The van der Waals surface area contributed by atoms with Crippen molar-refractivity contribution in [2.45, 2.75) is 48.8 Å². The molecule has 0 spiro atoms. The third-order valence-corrected chi connectivity index (χ3v) is 5.71. The summed E-state index contributed by atoms with van der Waals surface area (Å²) < 4.78 is 0. The van der Waals surface area contributed by atoms with Crippen LogP contribution in [0.3, 0.4) is 0 Å². The first kappa shape index (κ1) is 14.4. The van der Waals surface area contributed by atoms with Crippen molar-refractivity contribution >= 4 is 29.3 Å². The van der Waals surface area contributed by atoms with Crippen molar-refractivity contribution < 1.29 is 9.59 Å². The van der Waals surface area contributed by atoms with E-state index in [1.807, 2.05) is 31.2 Å². The summed E-state index contributed by atoms with van der Waals surface area (Å²) in [5.41, 5.74) is 0.840. The molecule has 0 saturated heterocycles. The molecular weight excluding hydrogens is 284 g/mol. The number of carbonyl (C=O) groups is 2. The summed E-state index contributed by atoms with van der Waals surface area (Å²) in [5, 5.41) is 5.63. The van der Waals surface area contributed by atoms with Crippen LogP contribution < -0.4 is 10.6 Å². The highest BCUT2D eigenvalue weighted by molar-refractivity contribution is 8.01. The lowest BCUT2D eigenvalue weighted by molar-refractivity contribution is -0.128. The number of nitrogens with one attached hydrogen (secondary N) is 2. The molecule has 0 radical (unpaired) electrons. The van der Waals surface area contributed by atoms with Gasteiger partial charge in [-0.3, -0.25) is 9.59 Å². The van der Waals surface area contributed by atoms with Crippen molar-refractivity contribution in [1.29, 1.82) is 0 Å². The highest BCUT2D eigenvalue weighted by Gasteiger charge is 2.35. The molecule has 1 fully saturated rings. The first-order chi connectivity index (χ1) is 10.1. The highest BCUT2D eigenvalue weighted by Crippen LogP contribution is 2.38. The second-order valence-corrected chi connectivity index (χ2v) is 6.99. The Hall–Kier alpha value is -1.49. The summed E-state index contributed by atoms with van der Waals surface area (Å²) in [6.45, 7) is 1.84. The van der Waals surface area contributed by atoms with Crippen molar-refractivity contribution in [3.05, 3.63) is 24.3 Å². The molecule has 0 bridgehead atoms. The quantitative estimate of drug-likeness (QED) is 0.903. The summed E-state index contributed by atoms with van der Waals surface area (Å²) in [7, 11) is 0. The third-order valence-electron chi connectivity index (χ3n) is 4.23. The van der Waals surface area contributed by atoms with Gasteiger partial charge in [0, 0.05) is 10.9 Å². The molecule has 1 aromatic carbocycles. The second-order valence-electron chi connectivity index (χ2n) is 5.80. The Kier molecular flexibility index (Phi) is 4.19. The van der Waals surface area contributed by atoms with Gasteiger partial charge < -0.3 is 10.6 Å². The summed E-state index contributed by atoms with van der Waals surface area (Å²) in [5.74, 6) is -0.411. The molecule has 112 valence electrons. The van der Waals surface area contributed by atoms with Gasteiger partial charge in [0.1, 0.15) is 0 Å². The molecule has 1 heterocycles. The van der Waals surface area contributed by atoms with E-state index in [2.05, 4.69) is 10.6 Å². The minimum Gasteiger partial charge on any atom is -0.353 e. The third kappa shape index (κ3) is 3.07. The number of thioether (sulfide) groups is 1. The molecule has 4 nitrogen and oxygen atoms in total. The van der Waals surface area contributed by atoms with Crippen molar-refractivity contribution in [2.24, 2.45) is 5.92 Å². The van der Waals surface area contributed by atoms with Crippen LogP contribution in [0.25, 0.3) is 0 Å². The van der Waals surface area contributed by atoms with Gasteiger partial charge in [-0.05, 0) is 25.0 Å². The topological polar surface area (TPSA) is 58.2 Å². The number of para-hydroxylation sites is 1. The lowest BCUT2D eigenvalue weighted by atomic mass is 10.0. The molecular formula is C16H20N2O2S. The van der Waals surface area contributed by atoms with E-state index >= 15 is 0 Å². The molecule has 1 aliphatic heterocycles. The number of amides is 2. The molecule has 2 unspecified atom stereocenters. The molecule has 0 aromatic heterocycles. The minimum atomic E-state index is -0.360. The van der Waals surface area contributed by atoms with Gasteiger partial charge in [-0.2, -0.15) is 0 Å². The van der Waals surface area contributed by atoms with Crippen LogP contribution in [0.2, 0.25) is 0 Å². The van der Waals surface area contributed by atoms with Gasteiger partial charge in [0.25, 0.3) is 0 Å². The molecule has 2 aliphatic rings. The van der Waals surface area contributed by atoms with E-state index < -0.39 is 0 Å². The van der Waals surface area contributed by atoms with Crippen LogP contribution in [0, 0.1) is 5.92 Å². The van der Waals surface area contributed by atoms with E-state index in [4.69, 9.17) is 0 Å². The predicted octanol–water partition coefficient (Wildman–Crippen LogP) is 2.79. The highest BCUT2D eigenvalue weighted by atomic mass is 32.2. The minimum absolute atomic E-state index is 0.00562. The van der Waals surface area contributed by atoms with Crippen molar-refractivity contribution in [3.8, 4) is 0 Å². The maximum Gasteiger partial charge on any atom is 0.238 e. The Morgan fingerprint density at radius 2 is 2.05 bits per heavy atom. The number of hydrogen-bond acceptors (Lipinski definition) is 3. The monoisotopic (exact) mass is 304 g/mol. The fraction of sp³-hybridized carbons (Fsp3) is 0.500. The zero-order chi connectivity index (χ0) is 14.8. The number of benzene rings is 1. The number of fused-ring (bicyclic) bond motifs is 1. The Morgan fingerprint density at radius 3 is 2.81 bits per heavy atom. The van der Waals surface area contributed by atoms with Gasteiger partial charge in [0.15, 0.2) is 0 Å². The SMILES string of the molecule is CC(C(=O)NC1CCCC1)C1Sc2ccccc2NC1=O. The lowest BCUT2D eigenvalue weighted by Gasteiger charge is -2.28. The van der Waals surface area contributed by atoms with E-state index in [0.717, 1.165) is 23.4 Å². The maximum atomic E-state index is 12.4. The first-order valence-electron chi connectivity index (χ1n) is 7.52. The molecule has 1 saturated carbocycles. The van der Waals surface area contributed by atoms with Crippen molar-refractivity contribution in [1.82, 2.24) is 5.32 Å². The molecule has 5 heteroatoms. The van der Waals surface area contributed by atoms with Crippen LogP contribution in [0.15, 0.2) is 29.2 Å². The second kappa shape index (κ2) is 6.10. The average Bonchev–Trinajstić information content (AvgIpc) is 2.98. The Morgan fingerprint density at radius 1 is 1.33 bits per heavy atom. The lowest BCUT2D eigenvalue weighted by Crippen LogP contribution is -2.44. The molecule has 2 atom stereocenters. The Labute approximate surface area is 129 Å². The average molecular weight is 304 g/mol. The summed E-state index contributed by atoms with van der Waals surface area (Å²) in [6.07, 6.45) is 4.49. The van der Waals surface area contributed by atoms with E-state index in [1.165, 1.54) is 24.6 Å². The molecule has 21 heavy (non-hydrogen) atoms. The standard InChI is InChI=1S/C16H20N2O2S/c1-10(15(19)17-11-6-2-3-7-11)14-16(20)18-12-8-4-5-9-13(12)21-14/h4-5,8-11,14H,2-3,6-7H2,1H3,(H,17,19)(H,18,20). The van der Waals surface area contributed by atoms with Crippen molar-refractivity contribution in [3.63, 3.8) is 0 Å². The van der Waals surface area contributed by atoms with E-state index in [-0.39, 0.29) is 23.0 Å². The zero-order valence-corrected chi connectivity index (χ0v) is 12.9. The van der Waals surface area contributed by atoms with E-state index in [1.54, 1.807) is 0 Å². The molecule has 2 N–H and O–H groups in total. The Balaban J connectivity index is 1.68. The van der Waals surface area contributed by atoms with Crippen LogP contribution in [0.5, 0.6) is 0 Å². The van der Waals surface area contributed by atoms with Gasteiger partial charge in [-0.1, -0.05) is 31.9 Å². The van der Waals surface area contributed by atoms with Gasteiger partial charge >= 0.3 is 0 Å². The van der Waals surface area contributed by atoms with Crippen LogP contribution in [-0.2, 0) is 9.59 Å². The van der Waals surface area contributed by atoms with Gasteiger partial charge in [-0.15, -0.1) is 11.8 Å². The summed E-state index contributed by atoms with van der Waals surface area (Å²) in [4.78, 5) is 25.6. The van der Waals surface area contributed by atoms with E-state index in [9.17, 15) is 9.59 Å². The zero-order valence-electron chi connectivity index (χ0n) is 12.1. The summed E-state index contributed by atoms with van der Waals surface area (Å²) in [6, 6.07) is 8.01. The van der Waals surface area contributed by atoms with Crippen LogP contribution in [0.1, 0.15) is 32.6 Å². The fourth-order valence-electron chi connectivity index (χ4n) is 2.94. The maximum absolute atomic E-state index is 12.4. The van der Waals surface area contributed by atoms with Crippen molar-refractivity contribution in [2.75, 3.05) is 5.32 Å². The molecule has 3 rings (SSSR count). The van der Waals surface area contributed by atoms with Crippen LogP contribution in [-0.4, -0.2) is 23.1 Å². The molecule has 2 amide bonds. The van der Waals surface area contributed by atoms with Crippen LogP contribution in [0.4, 0.5) is 5.69 Å². The van der Waals surface area contributed by atoms with Gasteiger partial charge in [0.05, 0.1) is 16.9 Å². The number of carbonyl (C=O) groups excluding carboxylic acids is 2.